The third-order valence-corrected chi connectivity index (χ3v) is 6.28. The minimum Gasteiger partial charge on any atom is -0.497 e. The first kappa shape index (κ1) is 24.1. The second-order valence-corrected chi connectivity index (χ2v) is 8.79. The number of nitrogens with zero attached hydrogens (tertiary/aromatic N) is 4. The van der Waals surface area contributed by atoms with E-state index in [1.54, 1.807) is 19.5 Å². The lowest BCUT2D eigenvalue weighted by Crippen LogP contribution is -2.14. The average Bonchev–Trinajstić information content (AvgIpc) is 3.38. The largest absolute Gasteiger partial charge is 0.497 e. The number of hydrogen-bond donors (Lipinski definition) is 1. The molecule has 0 saturated carbocycles. The van der Waals surface area contributed by atoms with E-state index in [0.717, 1.165) is 22.7 Å². The summed E-state index contributed by atoms with van der Waals surface area (Å²) in [6.07, 6.45) is 3.41. The molecule has 0 radical (unpaired) electrons. The normalized spacial score (nSPS) is 10.6. The monoisotopic (exact) mass is 509 g/mol. The number of benzene rings is 3. The molecule has 2 aromatic heterocycles. The topological polar surface area (TPSA) is 91.2 Å². The number of pyridine rings is 1. The fourth-order valence-electron chi connectivity index (χ4n) is 3.57. The van der Waals surface area contributed by atoms with Crippen LogP contribution in [-0.2, 0) is 4.79 Å². The number of nitrogens with one attached hydrogen (secondary N) is 1. The summed E-state index contributed by atoms with van der Waals surface area (Å²) in [6, 6.07) is 28.1. The zero-order valence-corrected chi connectivity index (χ0v) is 20.8. The maximum atomic E-state index is 12.7. The second-order valence-electron chi connectivity index (χ2n) is 7.85. The van der Waals surface area contributed by atoms with E-state index in [1.165, 1.54) is 11.8 Å². The van der Waals surface area contributed by atoms with Gasteiger partial charge in [0.1, 0.15) is 17.2 Å². The molecule has 8 nitrogen and oxygen atoms in total. The fraction of sp³-hybridized carbons (Fsp3) is 0.0714. The van der Waals surface area contributed by atoms with Crippen molar-refractivity contribution >= 4 is 23.4 Å². The number of aromatic nitrogens is 4. The van der Waals surface area contributed by atoms with Gasteiger partial charge in [0.05, 0.1) is 12.9 Å². The molecule has 184 valence electrons. The summed E-state index contributed by atoms with van der Waals surface area (Å²) in [5, 5.41) is 12.3. The molecule has 0 aliphatic rings. The maximum absolute atomic E-state index is 12.7. The van der Waals surface area contributed by atoms with Crippen LogP contribution in [0, 0.1) is 0 Å². The second kappa shape index (κ2) is 11.4. The van der Waals surface area contributed by atoms with Gasteiger partial charge in [0, 0.05) is 29.3 Å². The number of para-hydroxylation sites is 1. The predicted octanol–water partition coefficient (Wildman–Crippen LogP) is 5.86. The molecule has 2 heterocycles. The van der Waals surface area contributed by atoms with Gasteiger partial charge in [0.15, 0.2) is 11.0 Å². The lowest BCUT2D eigenvalue weighted by atomic mass is 10.2. The van der Waals surface area contributed by atoms with Gasteiger partial charge < -0.3 is 14.8 Å². The zero-order chi connectivity index (χ0) is 25.5. The Morgan fingerprint density at radius 2 is 1.51 bits per heavy atom. The van der Waals surface area contributed by atoms with Crippen molar-refractivity contribution in [2.45, 2.75) is 5.16 Å². The lowest BCUT2D eigenvalue weighted by molar-refractivity contribution is -0.113. The van der Waals surface area contributed by atoms with Crippen molar-refractivity contribution in [1.29, 1.82) is 0 Å². The molecule has 0 aliphatic heterocycles. The van der Waals surface area contributed by atoms with E-state index in [1.807, 2.05) is 95.6 Å². The standard InChI is InChI=1S/C28H23N5O3S/c1-35-23-13-9-22(10-14-23)33-27(20-15-17-29-18-16-20)31-32-28(33)37-19-26(34)30-21-7-11-25(12-8-21)36-24-5-3-2-4-6-24/h2-18H,19H2,1H3,(H,30,34). The average molecular weight is 510 g/mol. The van der Waals surface area contributed by atoms with Crippen LogP contribution in [0.3, 0.4) is 0 Å². The predicted molar refractivity (Wildman–Crippen MR) is 143 cm³/mol. The number of ether oxygens (including phenoxy) is 2. The summed E-state index contributed by atoms with van der Waals surface area (Å²) in [5.74, 6) is 2.85. The molecular weight excluding hydrogens is 486 g/mol. The third kappa shape index (κ3) is 5.96. The van der Waals surface area contributed by atoms with Crippen LogP contribution in [0.2, 0.25) is 0 Å². The number of anilines is 1. The van der Waals surface area contributed by atoms with Crippen molar-refractivity contribution < 1.29 is 14.3 Å². The molecule has 1 N–H and O–H groups in total. The Bertz CT molecular complexity index is 1460. The molecule has 0 spiro atoms. The van der Waals surface area contributed by atoms with Crippen LogP contribution in [0.4, 0.5) is 5.69 Å². The van der Waals surface area contributed by atoms with Crippen molar-refractivity contribution in [2.24, 2.45) is 0 Å². The van der Waals surface area contributed by atoms with Gasteiger partial charge in [-0.15, -0.1) is 10.2 Å². The van der Waals surface area contributed by atoms with Crippen LogP contribution in [0.5, 0.6) is 17.2 Å². The molecule has 3 aromatic carbocycles. The highest BCUT2D eigenvalue weighted by atomic mass is 32.2. The van der Waals surface area contributed by atoms with Gasteiger partial charge in [-0.1, -0.05) is 30.0 Å². The van der Waals surface area contributed by atoms with Crippen molar-refractivity contribution in [3.05, 3.63) is 103 Å². The molecule has 0 fully saturated rings. The Morgan fingerprint density at radius 3 is 2.22 bits per heavy atom. The van der Waals surface area contributed by atoms with Crippen LogP contribution < -0.4 is 14.8 Å². The first-order valence-corrected chi connectivity index (χ1v) is 12.4. The number of amides is 1. The quantitative estimate of drug-likeness (QED) is 0.249. The first-order chi connectivity index (χ1) is 18.2. The molecule has 37 heavy (non-hydrogen) atoms. The number of carbonyl (C=O) groups excluding carboxylic acids is 1. The zero-order valence-electron chi connectivity index (χ0n) is 19.9. The highest BCUT2D eigenvalue weighted by Gasteiger charge is 2.17. The van der Waals surface area contributed by atoms with Crippen molar-refractivity contribution in [3.8, 4) is 34.3 Å². The van der Waals surface area contributed by atoms with Gasteiger partial charge >= 0.3 is 0 Å². The molecule has 5 rings (SSSR count). The smallest absolute Gasteiger partial charge is 0.234 e. The molecule has 0 saturated heterocycles. The Balaban J connectivity index is 1.28. The molecule has 0 atom stereocenters. The van der Waals surface area contributed by atoms with Gasteiger partial charge in [-0.05, 0) is 72.8 Å². The van der Waals surface area contributed by atoms with E-state index < -0.39 is 0 Å². The van der Waals surface area contributed by atoms with Crippen LogP contribution in [0.1, 0.15) is 0 Å². The fourth-order valence-corrected chi connectivity index (χ4v) is 4.33. The van der Waals surface area contributed by atoms with E-state index in [-0.39, 0.29) is 11.7 Å². The Morgan fingerprint density at radius 1 is 0.838 bits per heavy atom. The lowest BCUT2D eigenvalue weighted by Gasteiger charge is -2.11. The summed E-state index contributed by atoms with van der Waals surface area (Å²) in [4.78, 5) is 16.8. The van der Waals surface area contributed by atoms with Crippen molar-refractivity contribution in [2.75, 3.05) is 18.2 Å². The van der Waals surface area contributed by atoms with Crippen LogP contribution in [-0.4, -0.2) is 38.5 Å². The number of carbonyl (C=O) groups is 1. The highest BCUT2D eigenvalue weighted by molar-refractivity contribution is 7.99. The minimum absolute atomic E-state index is 0.156. The summed E-state index contributed by atoms with van der Waals surface area (Å²) >= 11 is 1.31. The van der Waals surface area contributed by atoms with Crippen LogP contribution in [0.25, 0.3) is 17.1 Å². The minimum atomic E-state index is -0.156. The first-order valence-electron chi connectivity index (χ1n) is 11.5. The Labute approximate surface area is 218 Å². The molecule has 0 aliphatic carbocycles. The summed E-state index contributed by atoms with van der Waals surface area (Å²) in [5.41, 5.74) is 2.40. The molecule has 1 amide bonds. The van der Waals surface area contributed by atoms with Crippen molar-refractivity contribution in [1.82, 2.24) is 19.7 Å². The van der Waals surface area contributed by atoms with Gasteiger partial charge in [-0.3, -0.25) is 14.3 Å². The van der Waals surface area contributed by atoms with E-state index in [9.17, 15) is 4.79 Å². The van der Waals surface area contributed by atoms with Gasteiger partial charge in [-0.25, -0.2) is 0 Å². The van der Waals surface area contributed by atoms with Gasteiger partial charge in [-0.2, -0.15) is 0 Å². The Hall–Kier alpha value is -4.63. The molecule has 9 heteroatoms. The van der Waals surface area contributed by atoms with Crippen LogP contribution in [0.15, 0.2) is 109 Å². The molecular formula is C28H23N5O3S. The number of hydrogen-bond acceptors (Lipinski definition) is 7. The van der Waals surface area contributed by atoms with E-state index >= 15 is 0 Å². The number of thioether (sulfide) groups is 1. The van der Waals surface area contributed by atoms with E-state index in [0.29, 0.717) is 22.4 Å². The van der Waals surface area contributed by atoms with Gasteiger partial charge in [0.2, 0.25) is 5.91 Å². The molecule has 0 bridgehead atoms. The van der Waals surface area contributed by atoms with Crippen molar-refractivity contribution in [3.63, 3.8) is 0 Å². The SMILES string of the molecule is COc1ccc(-n2c(SCC(=O)Nc3ccc(Oc4ccccc4)cc3)nnc2-c2ccncc2)cc1. The Kier molecular flexibility index (Phi) is 7.42. The maximum Gasteiger partial charge on any atom is 0.234 e. The summed E-state index contributed by atoms with van der Waals surface area (Å²) in [7, 11) is 1.62. The molecule has 0 unspecified atom stereocenters. The third-order valence-electron chi connectivity index (χ3n) is 5.35. The van der Waals surface area contributed by atoms with Gasteiger partial charge in [0.25, 0.3) is 0 Å². The highest BCUT2D eigenvalue weighted by Crippen LogP contribution is 2.29. The summed E-state index contributed by atoms with van der Waals surface area (Å²) in [6.45, 7) is 0. The summed E-state index contributed by atoms with van der Waals surface area (Å²) < 4.78 is 13.0. The molecule has 5 aromatic rings. The van der Waals surface area contributed by atoms with Crippen LogP contribution >= 0.6 is 11.8 Å². The number of rotatable bonds is 9. The number of methoxy groups -OCH3 is 1. The van der Waals surface area contributed by atoms with E-state index in [2.05, 4.69) is 20.5 Å². The van der Waals surface area contributed by atoms with E-state index in [4.69, 9.17) is 9.47 Å².